The number of hydrogen-bond acceptors (Lipinski definition) is 2. The van der Waals surface area contributed by atoms with Crippen molar-refractivity contribution in [1.29, 1.82) is 0 Å². The number of nitro groups is 1. The predicted molar refractivity (Wildman–Crippen MR) is 60.0 cm³/mol. The van der Waals surface area contributed by atoms with Crippen molar-refractivity contribution in [3.8, 4) is 0 Å². The van der Waals surface area contributed by atoms with Gasteiger partial charge in [0.05, 0.1) is 10.5 Å². The molecule has 0 atom stereocenters. The first-order valence-corrected chi connectivity index (χ1v) is 4.51. The van der Waals surface area contributed by atoms with E-state index in [4.69, 9.17) is 0 Å². The lowest BCUT2D eigenvalue weighted by Gasteiger charge is -2.02. The third kappa shape index (κ3) is 1.59. The molecule has 0 aromatic heterocycles. The van der Waals surface area contributed by atoms with E-state index in [0.717, 1.165) is 10.8 Å². The highest BCUT2D eigenvalue weighted by molar-refractivity contribution is 5.91. The van der Waals surface area contributed by atoms with Gasteiger partial charge in [0, 0.05) is 0 Å². The van der Waals surface area contributed by atoms with E-state index in [0.29, 0.717) is 5.56 Å². The van der Waals surface area contributed by atoms with Gasteiger partial charge < -0.3 is 0 Å². The molecule has 0 unspecified atom stereocenters. The Bertz CT molecular complexity index is 541. The highest BCUT2D eigenvalue weighted by Crippen LogP contribution is 2.23. The molecule has 3 heteroatoms. The minimum Gasteiger partial charge on any atom is -0.258 e. The highest BCUT2D eigenvalue weighted by Gasteiger charge is 2.12. The zero-order valence-electron chi connectivity index (χ0n) is 8.01. The third-order valence-corrected chi connectivity index (χ3v) is 2.32. The van der Waals surface area contributed by atoms with Crippen molar-refractivity contribution in [2.24, 2.45) is 0 Å². The van der Waals surface area contributed by atoms with Crippen molar-refractivity contribution in [3.63, 3.8) is 0 Å². The molecular formula is C12H9NO2. The molecule has 0 spiro atoms. The Hall–Kier alpha value is -2.16. The fourth-order valence-corrected chi connectivity index (χ4v) is 1.58. The van der Waals surface area contributed by atoms with Crippen LogP contribution in [0.1, 0.15) is 5.56 Å². The Labute approximate surface area is 86.8 Å². The van der Waals surface area contributed by atoms with Crippen molar-refractivity contribution in [2.75, 3.05) is 0 Å². The van der Waals surface area contributed by atoms with Crippen LogP contribution in [-0.2, 0) is 0 Å². The largest absolute Gasteiger partial charge is 0.270 e. The number of nitrogens with zero attached hydrogens (tertiary/aromatic N) is 1. The van der Waals surface area contributed by atoms with E-state index < -0.39 is 4.92 Å². The number of fused-ring (bicyclic) bond motifs is 1. The first kappa shape index (κ1) is 9.40. The molecule has 0 saturated carbocycles. The maximum absolute atomic E-state index is 10.6. The Morgan fingerprint density at radius 2 is 1.80 bits per heavy atom. The van der Waals surface area contributed by atoms with Crippen molar-refractivity contribution >= 4 is 16.5 Å². The summed E-state index contributed by atoms with van der Waals surface area (Å²) in [6.45, 7) is 3.48. The van der Waals surface area contributed by atoms with E-state index in [1.54, 1.807) is 12.1 Å². The van der Waals surface area contributed by atoms with Crippen LogP contribution < -0.4 is 0 Å². The average molecular weight is 199 g/mol. The predicted octanol–water partition coefficient (Wildman–Crippen LogP) is 3.09. The molecule has 0 aliphatic heterocycles. The maximum atomic E-state index is 10.6. The van der Waals surface area contributed by atoms with Gasteiger partial charge in [-0.15, -0.1) is 0 Å². The topological polar surface area (TPSA) is 43.1 Å². The van der Waals surface area contributed by atoms with Gasteiger partial charge in [0.2, 0.25) is 0 Å². The highest BCUT2D eigenvalue weighted by atomic mass is 16.6. The van der Waals surface area contributed by atoms with Crippen LogP contribution >= 0.6 is 0 Å². The van der Waals surface area contributed by atoms with Crippen molar-refractivity contribution < 1.29 is 4.92 Å². The summed E-state index contributed by atoms with van der Waals surface area (Å²) in [6, 6.07) is 13.0. The van der Waals surface area contributed by atoms with Crippen molar-refractivity contribution in [1.82, 2.24) is 0 Å². The summed E-state index contributed by atoms with van der Waals surface area (Å²) in [4.78, 5) is 10.2. The second-order valence-corrected chi connectivity index (χ2v) is 3.23. The van der Waals surface area contributed by atoms with E-state index in [1.165, 1.54) is 0 Å². The Balaban J connectivity index is 2.71. The third-order valence-electron chi connectivity index (χ3n) is 2.32. The van der Waals surface area contributed by atoms with E-state index in [9.17, 15) is 10.1 Å². The lowest BCUT2D eigenvalue weighted by atomic mass is 10.0. The van der Waals surface area contributed by atoms with Gasteiger partial charge in [0.15, 0.2) is 0 Å². The molecule has 3 nitrogen and oxygen atoms in total. The first-order chi connectivity index (χ1) is 7.20. The molecule has 0 aliphatic rings. The monoisotopic (exact) mass is 199 g/mol. The Morgan fingerprint density at radius 1 is 1.13 bits per heavy atom. The zero-order chi connectivity index (χ0) is 10.8. The van der Waals surface area contributed by atoms with Gasteiger partial charge in [-0.25, -0.2) is 0 Å². The SMILES string of the molecule is C=C(c1cccc2ccccc12)[N+](=O)[O-]. The number of hydrogen-bond donors (Lipinski definition) is 0. The van der Waals surface area contributed by atoms with E-state index in [1.807, 2.05) is 30.3 Å². The van der Waals surface area contributed by atoms with Gasteiger partial charge in [-0.1, -0.05) is 36.4 Å². The van der Waals surface area contributed by atoms with Gasteiger partial charge in [0.25, 0.3) is 5.70 Å². The molecule has 0 saturated heterocycles. The van der Waals surface area contributed by atoms with E-state index in [-0.39, 0.29) is 5.70 Å². The smallest absolute Gasteiger partial charge is 0.258 e. The molecule has 0 N–H and O–H groups in total. The lowest BCUT2D eigenvalue weighted by molar-refractivity contribution is -0.374. The quantitative estimate of drug-likeness (QED) is 0.551. The summed E-state index contributed by atoms with van der Waals surface area (Å²) < 4.78 is 0. The van der Waals surface area contributed by atoms with Crippen LogP contribution in [-0.4, -0.2) is 4.92 Å². The summed E-state index contributed by atoms with van der Waals surface area (Å²) in [7, 11) is 0. The number of benzene rings is 2. The van der Waals surface area contributed by atoms with Crippen LogP contribution in [0.15, 0.2) is 49.0 Å². The molecule has 0 aliphatic carbocycles. The minimum atomic E-state index is -0.457. The molecule has 0 bridgehead atoms. The molecule has 2 rings (SSSR count). The van der Waals surface area contributed by atoms with Crippen molar-refractivity contribution in [2.45, 2.75) is 0 Å². The summed E-state index contributed by atoms with van der Waals surface area (Å²) in [6.07, 6.45) is 0. The van der Waals surface area contributed by atoms with Crippen LogP contribution in [0.4, 0.5) is 0 Å². The molecule has 0 amide bonds. The van der Waals surface area contributed by atoms with Gasteiger partial charge in [-0.2, -0.15) is 0 Å². The van der Waals surface area contributed by atoms with Crippen LogP contribution in [0.5, 0.6) is 0 Å². The second kappa shape index (κ2) is 3.53. The summed E-state index contributed by atoms with van der Waals surface area (Å²) in [5, 5.41) is 12.5. The van der Waals surface area contributed by atoms with Gasteiger partial charge in [-0.3, -0.25) is 10.1 Å². The standard InChI is InChI=1S/C12H9NO2/c1-9(13(14)15)11-8-4-6-10-5-2-3-7-12(10)11/h2-8H,1H2. The summed E-state index contributed by atoms with van der Waals surface area (Å²) in [5.41, 5.74) is 0.518. The molecule has 74 valence electrons. The molecule has 2 aromatic rings. The van der Waals surface area contributed by atoms with Gasteiger partial charge >= 0.3 is 0 Å². The lowest BCUT2D eigenvalue weighted by Crippen LogP contribution is -1.96. The fraction of sp³-hybridized carbons (Fsp3) is 0. The van der Waals surface area contributed by atoms with E-state index in [2.05, 4.69) is 6.58 Å². The van der Waals surface area contributed by atoms with Gasteiger partial charge in [0.1, 0.15) is 0 Å². The summed E-state index contributed by atoms with van der Waals surface area (Å²) >= 11 is 0. The fourth-order valence-electron chi connectivity index (χ4n) is 1.58. The number of rotatable bonds is 2. The second-order valence-electron chi connectivity index (χ2n) is 3.23. The Kier molecular flexibility index (Phi) is 2.21. The zero-order valence-corrected chi connectivity index (χ0v) is 8.01. The normalized spacial score (nSPS) is 10.1. The van der Waals surface area contributed by atoms with Crippen LogP contribution in [0, 0.1) is 10.1 Å². The molecular weight excluding hydrogens is 190 g/mol. The molecule has 15 heavy (non-hydrogen) atoms. The van der Waals surface area contributed by atoms with Crippen LogP contribution in [0.2, 0.25) is 0 Å². The van der Waals surface area contributed by atoms with Crippen LogP contribution in [0.3, 0.4) is 0 Å². The van der Waals surface area contributed by atoms with Crippen LogP contribution in [0.25, 0.3) is 16.5 Å². The Morgan fingerprint density at radius 3 is 2.53 bits per heavy atom. The van der Waals surface area contributed by atoms with Gasteiger partial charge in [-0.05, 0) is 23.4 Å². The summed E-state index contributed by atoms with van der Waals surface area (Å²) in [5.74, 6) is 0. The minimum absolute atomic E-state index is 0.0631. The molecule has 0 fully saturated rings. The average Bonchev–Trinajstić information content (AvgIpc) is 2.27. The first-order valence-electron chi connectivity index (χ1n) is 4.51. The molecule has 0 heterocycles. The van der Waals surface area contributed by atoms with Crippen molar-refractivity contribution in [3.05, 3.63) is 64.7 Å². The molecule has 2 aromatic carbocycles. The van der Waals surface area contributed by atoms with E-state index >= 15 is 0 Å². The maximum Gasteiger partial charge on any atom is 0.270 e. The molecule has 0 radical (unpaired) electrons.